The Morgan fingerprint density at radius 1 is 1.40 bits per heavy atom. The van der Waals surface area contributed by atoms with Crippen LogP contribution >= 0.6 is 0 Å². The van der Waals surface area contributed by atoms with Gasteiger partial charge in [-0.15, -0.1) is 0 Å². The summed E-state index contributed by atoms with van der Waals surface area (Å²) in [5.41, 5.74) is 10.6. The molecule has 0 aromatic carbocycles. The minimum Gasteiger partial charge on any atom is -0.469 e. The number of furan rings is 1. The standard InChI is InChI=1S/C10H16N4O/c11-9(14-10(12)13)6-2-1-4-8-5-3-7-15-8/h3,5,7H,1-2,4,6H2,(H5,11,12,13,14). The highest BCUT2D eigenvalue weighted by atomic mass is 16.3. The maximum Gasteiger partial charge on any atom is 0.214 e. The largest absolute Gasteiger partial charge is 0.469 e. The van der Waals surface area contributed by atoms with E-state index in [-0.39, 0.29) is 5.96 Å². The molecule has 1 heterocycles. The molecule has 1 rings (SSSR count). The highest BCUT2D eigenvalue weighted by Crippen LogP contribution is 2.06. The summed E-state index contributed by atoms with van der Waals surface area (Å²) in [6, 6.07) is 3.83. The van der Waals surface area contributed by atoms with E-state index in [0.29, 0.717) is 12.3 Å². The highest BCUT2D eigenvalue weighted by molar-refractivity contribution is 5.92. The fourth-order valence-corrected chi connectivity index (χ4v) is 1.27. The minimum absolute atomic E-state index is 0.237. The molecular formula is C10H16N4O. The van der Waals surface area contributed by atoms with Crippen LogP contribution in [0.3, 0.4) is 0 Å². The summed E-state index contributed by atoms with van der Waals surface area (Å²) in [4.78, 5) is 3.64. The molecule has 0 saturated carbocycles. The monoisotopic (exact) mass is 208 g/mol. The van der Waals surface area contributed by atoms with Crippen molar-refractivity contribution in [1.29, 1.82) is 5.41 Å². The van der Waals surface area contributed by atoms with Gasteiger partial charge in [-0.2, -0.15) is 0 Å². The van der Waals surface area contributed by atoms with Crippen LogP contribution in [0.1, 0.15) is 25.0 Å². The second kappa shape index (κ2) is 5.85. The van der Waals surface area contributed by atoms with Gasteiger partial charge >= 0.3 is 0 Å². The third-order valence-corrected chi connectivity index (χ3v) is 1.95. The van der Waals surface area contributed by atoms with E-state index < -0.39 is 0 Å². The number of unbranched alkanes of at least 4 members (excludes halogenated alkanes) is 1. The molecule has 5 N–H and O–H groups in total. The lowest BCUT2D eigenvalue weighted by Gasteiger charge is -1.99. The van der Waals surface area contributed by atoms with Crippen LogP contribution in [0.15, 0.2) is 27.8 Å². The molecule has 0 atom stereocenters. The number of guanidine groups is 1. The van der Waals surface area contributed by atoms with E-state index in [1.807, 2.05) is 12.1 Å². The topological polar surface area (TPSA) is 101 Å². The van der Waals surface area contributed by atoms with Gasteiger partial charge in [-0.25, -0.2) is 4.99 Å². The summed E-state index contributed by atoms with van der Waals surface area (Å²) in [6.45, 7) is 0. The van der Waals surface area contributed by atoms with Gasteiger partial charge in [-0.05, 0) is 25.0 Å². The van der Waals surface area contributed by atoms with Crippen LogP contribution in [0, 0.1) is 5.41 Å². The molecule has 0 aliphatic rings. The Bertz CT molecular complexity index is 329. The molecular weight excluding hydrogens is 192 g/mol. The zero-order valence-corrected chi connectivity index (χ0v) is 8.57. The van der Waals surface area contributed by atoms with Gasteiger partial charge < -0.3 is 15.9 Å². The number of hydrogen-bond acceptors (Lipinski definition) is 2. The third kappa shape index (κ3) is 4.85. The van der Waals surface area contributed by atoms with E-state index in [0.717, 1.165) is 25.0 Å². The average molecular weight is 208 g/mol. The van der Waals surface area contributed by atoms with Crippen LogP contribution in [0.25, 0.3) is 0 Å². The van der Waals surface area contributed by atoms with Crippen molar-refractivity contribution in [2.45, 2.75) is 25.7 Å². The number of hydrogen-bond donors (Lipinski definition) is 3. The van der Waals surface area contributed by atoms with E-state index in [4.69, 9.17) is 21.3 Å². The fraction of sp³-hybridized carbons (Fsp3) is 0.400. The van der Waals surface area contributed by atoms with Crippen molar-refractivity contribution in [2.24, 2.45) is 16.5 Å². The van der Waals surface area contributed by atoms with Crippen LogP contribution < -0.4 is 11.5 Å². The van der Waals surface area contributed by atoms with Gasteiger partial charge in [0.15, 0.2) is 0 Å². The van der Waals surface area contributed by atoms with Gasteiger partial charge in [0.05, 0.1) is 6.26 Å². The zero-order valence-electron chi connectivity index (χ0n) is 8.57. The number of nitrogens with one attached hydrogen (secondary N) is 1. The van der Waals surface area contributed by atoms with Crippen LogP contribution in [0.5, 0.6) is 0 Å². The van der Waals surface area contributed by atoms with Crippen LogP contribution in [0.2, 0.25) is 0 Å². The first-order valence-electron chi connectivity index (χ1n) is 4.88. The fourth-order valence-electron chi connectivity index (χ4n) is 1.27. The Balaban J connectivity index is 2.14. The van der Waals surface area contributed by atoms with Crippen LogP contribution in [-0.2, 0) is 6.42 Å². The molecule has 0 spiro atoms. The first-order valence-corrected chi connectivity index (χ1v) is 4.88. The first-order chi connectivity index (χ1) is 7.18. The minimum atomic E-state index is -0.237. The predicted octanol–water partition coefficient (Wildman–Crippen LogP) is 1.24. The Morgan fingerprint density at radius 3 is 2.80 bits per heavy atom. The number of amidine groups is 1. The summed E-state index contributed by atoms with van der Waals surface area (Å²) in [5, 5.41) is 6.91. The highest BCUT2D eigenvalue weighted by Gasteiger charge is 1.97. The second-order valence-electron chi connectivity index (χ2n) is 3.27. The van der Waals surface area contributed by atoms with Crippen molar-refractivity contribution in [3.8, 4) is 0 Å². The van der Waals surface area contributed by atoms with Gasteiger partial charge in [0.1, 0.15) is 11.6 Å². The van der Waals surface area contributed by atoms with Gasteiger partial charge in [-0.3, -0.25) is 5.41 Å². The lowest BCUT2D eigenvalue weighted by Crippen LogP contribution is -2.17. The smallest absolute Gasteiger partial charge is 0.214 e. The molecule has 0 aliphatic carbocycles. The van der Waals surface area contributed by atoms with Crippen molar-refractivity contribution in [3.63, 3.8) is 0 Å². The lowest BCUT2D eigenvalue weighted by atomic mass is 10.1. The predicted molar refractivity (Wildman–Crippen MR) is 59.8 cm³/mol. The summed E-state index contributed by atoms with van der Waals surface area (Å²) < 4.78 is 5.19. The van der Waals surface area contributed by atoms with E-state index in [1.165, 1.54) is 0 Å². The first kappa shape index (κ1) is 11.3. The maximum atomic E-state index is 6.91. The third-order valence-electron chi connectivity index (χ3n) is 1.95. The summed E-state index contributed by atoms with van der Waals surface area (Å²) >= 11 is 0. The molecule has 5 nitrogen and oxygen atoms in total. The average Bonchev–Trinajstić information content (AvgIpc) is 2.63. The number of nitrogens with two attached hydrogens (primary N) is 2. The molecule has 0 aliphatic heterocycles. The molecule has 0 amide bonds. The Labute approximate surface area is 88.7 Å². The number of aliphatic imine (C=N–C) groups is 1. The van der Waals surface area contributed by atoms with Crippen LogP contribution in [0.4, 0.5) is 0 Å². The van der Waals surface area contributed by atoms with E-state index in [2.05, 4.69) is 4.99 Å². The molecule has 1 aromatic rings. The zero-order chi connectivity index (χ0) is 11.1. The molecule has 82 valence electrons. The Kier molecular flexibility index (Phi) is 4.40. The normalized spacial score (nSPS) is 11.6. The van der Waals surface area contributed by atoms with E-state index in [1.54, 1.807) is 6.26 Å². The number of rotatable bonds is 5. The second-order valence-corrected chi connectivity index (χ2v) is 3.27. The molecule has 0 radical (unpaired) electrons. The molecule has 0 unspecified atom stereocenters. The molecule has 5 heteroatoms. The molecule has 15 heavy (non-hydrogen) atoms. The van der Waals surface area contributed by atoms with E-state index >= 15 is 0 Å². The van der Waals surface area contributed by atoms with Gasteiger partial charge in [0.2, 0.25) is 5.96 Å². The SMILES string of the molecule is N=C(N)N=C(N)CCCCc1ccco1. The van der Waals surface area contributed by atoms with Crippen molar-refractivity contribution >= 4 is 11.8 Å². The summed E-state index contributed by atoms with van der Waals surface area (Å²) in [5.74, 6) is 1.16. The Morgan fingerprint density at radius 2 is 2.20 bits per heavy atom. The van der Waals surface area contributed by atoms with Crippen molar-refractivity contribution in [2.75, 3.05) is 0 Å². The number of nitrogens with zero attached hydrogens (tertiary/aromatic N) is 1. The molecule has 0 bridgehead atoms. The van der Waals surface area contributed by atoms with Crippen LogP contribution in [-0.4, -0.2) is 11.8 Å². The van der Waals surface area contributed by atoms with Crippen molar-refractivity contribution in [1.82, 2.24) is 0 Å². The van der Waals surface area contributed by atoms with Gasteiger partial charge in [0.25, 0.3) is 0 Å². The molecule has 1 aromatic heterocycles. The maximum absolute atomic E-state index is 6.91. The number of aryl methyl sites for hydroxylation is 1. The quantitative estimate of drug-likeness (QED) is 0.385. The lowest BCUT2D eigenvalue weighted by molar-refractivity contribution is 0.499. The summed E-state index contributed by atoms with van der Waals surface area (Å²) in [6.07, 6.45) is 5.15. The van der Waals surface area contributed by atoms with Crippen molar-refractivity contribution in [3.05, 3.63) is 24.2 Å². The van der Waals surface area contributed by atoms with Gasteiger partial charge in [-0.1, -0.05) is 0 Å². The molecule has 0 fully saturated rings. The summed E-state index contributed by atoms with van der Waals surface area (Å²) in [7, 11) is 0. The van der Waals surface area contributed by atoms with E-state index in [9.17, 15) is 0 Å². The molecule has 0 saturated heterocycles. The van der Waals surface area contributed by atoms with Crippen molar-refractivity contribution < 1.29 is 4.42 Å². The van der Waals surface area contributed by atoms with Gasteiger partial charge in [0, 0.05) is 12.8 Å². The Hall–Kier alpha value is -1.78.